The van der Waals surface area contributed by atoms with Crippen LogP contribution in [0.15, 0.2) is 36.4 Å². The molecular weight excluding hydrogens is 344 g/mol. The Kier molecular flexibility index (Phi) is 4.03. The number of benzene rings is 2. The van der Waals surface area contributed by atoms with Crippen molar-refractivity contribution in [3.63, 3.8) is 0 Å². The van der Waals surface area contributed by atoms with Crippen LogP contribution < -0.4 is 9.80 Å². The first kappa shape index (κ1) is 16.8. The maximum atomic E-state index is 13.9. The third-order valence-electron chi connectivity index (χ3n) is 4.75. The maximum absolute atomic E-state index is 13.9. The average Bonchev–Trinajstić information content (AvgIpc) is 2.97. The van der Waals surface area contributed by atoms with Crippen LogP contribution in [0.3, 0.4) is 0 Å². The Morgan fingerprint density at radius 2 is 1.96 bits per heavy atom. The van der Waals surface area contributed by atoms with Gasteiger partial charge in [-0.25, -0.2) is 13.8 Å². The van der Waals surface area contributed by atoms with Crippen LogP contribution >= 0.6 is 0 Å². The number of nitrogens with zero attached hydrogens (tertiary/aromatic N) is 1. The largest absolute Gasteiger partial charge is 0.492 e. The molecule has 0 saturated heterocycles. The Morgan fingerprint density at radius 3 is 2.77 bits per heavy atom. The van der Waals surface area contributed by atoms with E-state index in [0.717, 1.165) is 11.6 Å². The molecule has 1 spiro atoms. The van der Waals surface area contributed by atoms with Crippen LogP contribution in [0.25, 0.3) is 0 Å². The molecule has 2 heterocycles. The van der Waals surface area contributed by atoms with E-state index in [1.165, 1.54) is 11.1 Å². The van der Waals surface area contributed by atoms with E-state index in [-0.39, 0.29) is 26.4 Å². The predicted octanol–water partition coefficient (Wildman–Crippen LogP) is 2.96. The molecule has 0 fully saturated rings. The lowest BCUT2D eigenvalue weighted by molar-refractivity contribution is -0.143. The molecule has 136 valence electrons. The van der Waals surface area contributed by atoms with Gasteiger partial charge in [0.1, 0.15) is 18.9 Å². The number of carbonyl (C=O) groups is 1. The van der Waals surface area contributed by atoms with Crippen molar-refractivity contribution in [2.75, 3.05) is 31.4 Å². The van der Waals surface area contributed by atoms with Crippen molar-refractivity contribution >= 4 is 11.7 Å². The summed E-state index contributed by atoms with van der Waals surface area (Å²) in [7, 11) is 0. The molecule has 0 radical (unpaired) electrons. The number of ether oxygens (including phenoxy) is 2. The van der Waals surface area contributed by atoms with Crippen molar-refractivity contribution in [2.45, 2.75) is 12.3 Å². The summed E-state index contributed by atoms with van der Waals surface area (Å²) in [6.07, 6.45) is 0. The van der Waals surface area contributed by atoms with E-state index in [1.807, 2.05) is 24.3 Å². The van der Waals surface area contributed by atoms with Crippen LogP contribution in [0.5, 0.6) is 5.75 Å². The van der Waals surface area contributed by atoms with Crippen LogP contribution in [0.1, 0.15) is 18.1 Å². The van der Waals surface area contributed by atoms with E-state index in [9.17, 15) is 13.6 Å². The quantitative estimate of drug-likeness (QED) is 0.787. The average molecular weight is 361 g/mol. The van der Waals surface area contributed by atoms with Gasteiger partial charge in [0, 0.05) is 11.6 Å². The molecule has 2 aliphatic rings. The summed E-state index contributed by atoms with van der Waals surface area (Å²) in [5, 5.41) is 1.47. The van der Waals surface area contributed by atoms with Gasteiger partial charge in [0.05, 0.1) is 24.3 Å². The molecule has 0 aliphatic carbocycles. The van der Waals surface area contributed by atoms with Gasteiger partial charge in [-0.05, 0) is 24.6 Å². The molecule has 0 saturated carbocycles. The Labute approximate surface area is 149 Å². The second kappa shape index (κ2) is 6.25. The van der Waals surface area contributed by atoms with Gasteiger partial charge in [-0.3, -0.25) is 9.63 Å². The third-order valence-corrected chi connectivity index (χ3v) is 4.75. The van der Waals surface area contributed by atoms with Crippen molar-refractivity contribution in [3.8, 4) is 5.75 Å². The number of carbonyl (C=O) groups excluding carboxylic acids is 1. The molecule has 2 aliphatic heterocycles. The smallest absolute Gasteiger partial charge is 0.328 e. The van der Waals surface area contributed by atoms with Gasteiger partial charge in [0.15, 0.2) is 11.6 Å². The monoisotopic (exact) mass is 361 g/mol. The summed E-state index contributed by atoms with van der Waals surface area (Å²) in [5.74, 6) is -1.98. The minimum atomic E-state index is -0.949. The van der Waals surface area contributed by atoms with Crippen LogP contribution in [-0.4, -0.2) is 32.3 Å². The first-order valence-corrected chi connectivity index (χ1v) is 8.33. The van der Waals surface area contributed by atoms with E-state index < -0.39 is 23.0 Å². The Hall–Kier alpha value is -2.67. The number of halogens is 2. The van der Waals surface area contributed by atoms with Crippen molar-refractivity contribution in [2.24, 2.45) is 0 Å². The fourth-order valence-electron chi connectivity index (χ4n) is 3.53. The van der Waals surface area contributed by atoms with Crippen LogP contribution in [-0.2, 0) is 19.8 Å². The summed E-state index contributed by atoms with van der Waals surface area (Å²) in [6.45, 7) is 2.30. The lowest BCUT2D eigenvalue weighted by Crippen LogP contribution is -2.46. The highest BCUT2D eigenvalue weighted by atomic mass is 19.2. The second-order valence-corrected chi connectivity index (χ2v) is 6.27. The molecule has 7 heteroatoms. The summed E-state index contributed by atoms with van der Waals surface area (Å²) < 4.78 is 38.1. The molecule has 4 rings (SSSR count). The molecule has 0 aromatic heterocycles. The normalized spacial score (nSPS) is 20.5. The number of hydroxylamine groups is 1. The standard InChI is InChI=1S/C19H17F2NO4/c1-2-24-18(23)9-22-16-6-4-3-5-12(16)19(11-26-22)10-25-17-8-15(21)14(20)7-13(17)19/h3-8H,2,9-11H2,1H3. The maximum Gasteiger partial charge on any atom is 0.328 e. The lowest BCUT2D eigenvalue weighted by Gasteiger charge is -2.40. The molecule has 0 N–H and O–H groups in total. The van der Waals surface area contributed by atoms with Crippen molar-refractivity contribution < 1.29 is 27.9 Å². The molecule has 1 unspecified atom stereocenters. The van der Waals surface area contributed by atoms with Gasteiger partial charge in [0.25, 0.3) is 0 Å². The molecule has 0 bridgehead atoms. The zero-order valence-corrected chi connectivity index (χ0v) is 14.1. The second-order valence-electron chi connectivity index (χ2n) is 6.27. The van der Waals surface area contributed by atoms with Gasteiger partial charge in [0.2, 0.25) is 0 Å². The molecule has 26 heavy (non-hydrogen) atoms. The van der Waals surface area contributed by atoms with Crippen LogP contribution in [0, 0.1) is 11.6 Å². The highest BCUT2D eigenvalue weighted by Gasteiger charge is 2.48. The number of rotatable bonds is 3. The zero-order valence-electron chi connectivity index (χ0n) is 14.1. The molecular formula is C19H17F2NO4. The van der Waals surface area contributed by atoms with E-state index in [0.29, 0.717) is 17.0 Å². The zero-order chi connectivity index (χ0) is 18.3. The minimum Gasteiger partial charge on any atom is -0.492 e. The van der Waals surface area contributed by atoms with Gasteiger partial charge < -0.3 is 9.47 Å². The van der Waals surface area contributed by atoms with E-state index in [4.69, 9.17) is 14.3 Å². The number of fused-ring (bicyclic) bond motifs is 4. The van der Waals surface area contributed by atoms with E-state index in [2.05, 4.69) is 0 Å². The summed E-state index contributed by atoms with van der Waals surface area (Å²) in [4.78, 5) is 17.7. The van der Waals surface area contributed by atoms with Crippen LogP contribution in [0.2, 0.25) is 0 Å². The molecule has 5 nitrogen and oxygen atoms in total. The number of esters is 1. The predicted molar refractivity (Wildman–Crippen MR) is 89.0 cm³/mol. The van der Waals surface area contributed by atoms with Gasteiger partial charge in [-0.1, -0.05) is 18.2 Å². The Balaban J connectivity index is 1.77. The number of anilines is 1. The summed E-state index contributed by atoms with van der Waals surface area (Å²) in [6, 6.07) is 9.60. The molecule has 0 amide bonds. The van der Waals surface area contributed by atoms with Crippen molar-refractivity contribution in [1.82, 2.24) is 0 Å². The molecule has 1 atom stereocenters. The molecule has 2 aromatic rings. The highest BCUT2D eigenvalue weighted by molar-refractivity contribution is 5.76. The molecule has 2 aromatic carbocycles. The van der Waals surface area contributed by atoms with E-state index in [1.54, 1.807) is 6.92 Å². The van der Waals surface area contributed by atoms with E-state index >= 15 is 0 Å². The number of hydrogen-bond donors (Lipinski definition) is 0. The highest BCUT2D eigenvalue weighted by Crippen LogP contribution is 2.49. The van der Waals surface area contributed by atoms with Crippen molar-refractivity contribution in [3.05, 3.63) is 59.2 Å². The number of hydrogen-bond acceptors (Lipinski definition) is 5. The summed E-state index contributed by atoms with van der Waals surface area (Å²) >= 11 is 0. The Bertz CT molecular complexity index is 873. The van der Waals surface area contributed by atoms with Gasteiger partial charge in [-0.15, -0.1) is 0 Å². The first-order chi connectivity index (χ1) is 12.5. The first-order valence-electron chi connectivity index (χ1n) is 8.33. The topological polar surface area (TPSA) is 48.0 Å². The van der Waals surface area contributed by atoms with Gasteiger partial charge >= 0.3 is 5.97 Å². The number of para-hydroxylation sites is 1. The van der Waals surface area contributed by atoms with Crippen molar-refractivity contribution in [1.29, 1.82) is 0 Å². The van der Waals surface area contributed by atoms with Gasteiger partial charge in [-0.2, -0.15) is 0 Å². The SMILES string of the molecule is CCOC(=O)CN1OCC2(COc3cc(F)c(F)cc32)c2ccccc21. The lowest BCUT2D eigenvalue weighted by atomic mass is 9.75. The fraction of sp³-hybridized carbons (Fsp3) is 0.316. The van der Waals surface area contributed by atoms with Crippen LogP contribution in [0.4, 0.5) is 14.5 Å². The minimum absolute atomic E-state index is 0.0631. The Morgan fingerprint density at radius 1 is 1.19 bits per heavy atom. The third kappa shape index (κ3) is 2.50. The fourth-order valence-corrected chi connectivity index (χ4v) is 3.53. The summed E-state index contributed by atoms with van der Waals surface area (Å²) in [5.41, 5.74) is 1.29.